The number of carbonyl (C=O) groups is 2. The van der Waals surface area contributed by atoms with Crippen LogP contribution in [0.5, 0.6) is 0 Å². The summed E-state index contributed by atoms with van der Waals surface area (Å²) < 4.78 is 4.86. The van der Waals surface area contributed by atoms with E-state index in [2.05, 4.69) is 5.32 Å². The zero-order valence-corrected chi connectivity index (χ0v) is 11.8. The van der Waals surface area contributed by atoms with Crippen LogP contribution in [0.3, 0.4) is 0 Å². The van der Waals surface area contributed by atoms with Gasteiger partial charge in [-0.3, -0.25) is 4.79 Å². The highest BCUT2D eigenvalue weighted by molar-refractivity contribution is 6.05. The van der Waals surface area contributed by atoms with Gasteiger partial charge >= 0.3 is 5.97 Å². The van der Waals surface area contributed by atoms with E-state index < -0.39 is 5.54 Å². The monoisotopic (exact) mass is 273 g/mol. The second kappa shape index (κ2) is 5.90. The second-order valence-electron chi connectivity index (χ2n) is 5.03. The molecule has 1 aromatic rings. The smallest absolute Gasteiger partial charge is 0.331 e. The molecule has 106 valence electrons. The molecule has 0 bridgehead atoms. The summed E-state index contributed by atoms with van der Waals surface area (Å²) in [6.45, 7) is 1.98. The minimum Gasteiger partial charge on any atom is -0.467 e. The van der Waals surface area contributed by atoms with Crippen molar-refractivity contribution in [3.63, 3.8) is 0 Å². The summed E-state index contributed by atoms with van der Waals surface area (Å²) in [7, 11) is 1.35. The molecule has 20 heavy (non-hydrogen) atoms. The highest BCUT2D eigenvalue weighted by atomic mass is 16.5. The van der Waals surface area contributed by atoms with E-state index in [1.165, 1.54) is 7.11 Å². The fraction of sp³-hybridized carbons (Fsp3) is 0.375. The largest absolute Gasteiger partial charge is 0.467 e. The van der Waals surface area contributed by atoms with Crippen LogP contribution in [0.1, 0.15) is 31.7 Å². The molecule has 0 spiro atoms. The van der Waals surface area contributed by atoms with E-state index in [4.69, 9.17) is 4.74 Å². The lowest BCUT2D eigenvalue weighted by molar-refractivity contribution is -0.149. The van der Waals surface area contributed by atoms with Crippen molar-refractivity contribution in [2.75, 3.05) is 7.11 Å². The maximum Gasteiger partial charge on any atom is 0.331 e. The SMILES string of the molecule is CCC[C@@]1(C(=O)OC)C/C(=C\c2ccccc2)C(=O)N1. The summed E-state index contributed by atoms with van der Waals surface area (Å²) in [5.41, 5.74) is 0.672. The zero-order valence-electron chi connectivity index (χ0n) is 11.8. The van der Waals surface area contributed by atoms with Crippen LogP contribution in [0.25, 0.3) is 6.08 Å². The van der Waals surface area contributed by atoms with Crippen molar-refractivity contribution in [2.24, 2.45) is 0 Å². The molecular formula is C16H19NO3. The number of benzene rings is 1. The third-order valence-corrected chi connectivity index (χ3v) is 3.53. The van der Waals surface area contributed by atoms with Gasteiger partial charge in [0.15, 0.2) is 0 Å². The van der Waals surface area contributed by atoms with Gasteiger partial charge in [0.25, 0.3) is 0 Å². The molecule has 0 radical (unpaired) electrons. The molecule has 0 saturated carbocycles. The lowest BCUT2D eigenvalue weighted by Crippen LogP contribution is -2.49. The molecule has 1 aliphatic heterocycles. The Morgan fingerprint density at radius 2 is 2.10 bits per heavy atom. The lowest BCUT2D eigenvalue weighted by atomic mass is 9.90. The zero-order chi connectivity index (χ0) is 14.6. The number of nitrogens with one attached hydrogen (secondary N) is 1. The van der Waals surface area contributed by atoms with Gasteiger partial charge < -0.3 is 10.1 Å². The Bertz CT molecular complexity index is 536. The van der Waals surface area contributed by atoms with E-state index in [-0.39, 0.29) is 11.9 Å². The quantitative estimate of drug-likeness (QED) is 0.676. The summed E-state index contributed by atoms with van der Waals surface area (Å²) in [6.07, 6.45) is 3.59. The summed E-state index contributed by atoms with van der Waals surface area (Å²) in [4.78, 5) is 24.1. The van der Waals surface area contributed by atoms with Gasteiger partial charge in [-0.25, -0.2) is 4.79 Å². The van der Waals surface area contributed by atoms with E-state index >= 15 is 0 Å². The highest BCUT2D eigenvalue weighted by Gasteiger charge is 2.47. The number of amides is 1. The minimum atomic E-state index is -0.902. The van der Waals surface area contributed by atoms with Crippen molar-refractivity contribution in [3.8, 4) is 0 Å². The number of methoxy groups -OCH3 is 1. The molecule has 4 nitrogen and oxygen atoms in total. The van der Waals surface area contributed by atoms with Crippen LogP contribution in [-0.4, -0.2) is 24.5 Å². The number of ether oxygens (including phenoxy) is 1. The average molecular weight is 273 g/mol. The van der Waals surface area contributed by atoms with Crippen LogP contribution in [0.2, 0.25) is 0 Å². The van der Waals surface area contributed by atoms with Crippen molar-refractivity contribution in [3.05, 3.63) is 41.5 Å². The summed E-state index contributed by atoms with van der Waals surface area (Å²) in [6, 6.07) is 9.61. The van der Waals surface area contributed by atoms with Crippen LogP contribution in [0.15, 0.2) is 35.9 Å². The molecule has 2 rings (SSSR count). The molecule has 1 aliphatic rings. The van der Waals surface area contributed by atoms with E-state index in [9.17, 15) is 9.59 Å². The summed E-state index contributed by atoms with van der Waals surface area (Å²) in [5, 5.41) is 2.81. The maximum absolute atomic E-state index is 12.1. The predicted molar refractivity (Wildman–Crippen MR) is 76.8 cm³/mol. The topological polar surface area (TPSA) is 55.4 Å². The fourth-order valence-electron chi connectivity index (χ4n) is 2.61. The molecule has 1 atom stereocenters. The Hall–Kier alpha value is -2.10. The van der Waals surface area contributed by atoms with Gasteiger partial charge in [-0.15, -0.1) is 0 Å². The second-order valence-corrected chi connectivity index (χ2v) is 5.03. The first kappa shape index (κ1) is 14.3. The van der Waals surface area contributed by atoms with Gasteiger partial charge in [-0.2, -0.15) is 0 Å². The molecular weight excluding hydrogens is 254 g/mol. The first-order valence-corrected chi connectivity index (χ1v) is 6.78. The van der Waals surface area contributed by atoms with E-state index in [1.807, 2.05) is 43.3 Å². The normalized spacial score (nSPS) is 23.7. The Labute approximate surface area is 118 Å². The van der Waals surface area contributed by atoms with E-state index in [0.717, 1.165) is 12.0 Å². The summed E-state index contributed by atoms with van der Waals surface area (Å²) in [5.74, 6) is -0.558. The number of carbonyl (C=O) groups excluding carboxylic acids is 2. The first-order chi connectivity index (χ1) is 9.61. The van der Waals surface area contributed by atoms with Gasteiger partial charge in [0, 0.05) is 12.0 Å². The standard InChI is InChI=1S/C16H19NO3/c1-3-9-16(15(19)20-2)11-13(14(18)17-16)10-12-7-5-4-6-8-12/h4-8,10H,3,9,11H2,1-2H3,(H,17,18)/b13-10+/t16-/m0/s1. The number of hydrogen-bond acceptors (Lipinski definition) is 3. The molecule has 1 N–H and O–H groups in total. The molecule has 1 fully saturated rings. The van der Waals surface area contributed by atoms with Crippen molar-refractivity contribution in [2.45, 2.75) is 31.7 Å². The minimum absolute atomic E-state index is 0.187. The van der Waals surface area contributed by atoms with Crippen molar-refractivity contribution in [1.29, 1.82) is 0 Å². The van der Waals surface area contributed by atoms with Gasteiger partial charge in [0.2, 0.25) is 5.91 Å². The molecule has 1 aromatic carbocycles. The average Bonchev–Trinajstić information content (AvgIpc) is 2.77. The third kappa shape index (κ3) is 2.74. The Morgan fingerprint density at radius 3 is 2.70 bits per heavy atom. The van der Waals surface area contributed by atoms with Crippen LogP contribution in [0.4, 0.5) is 0 Å². The molecule has 1 heterocycles. The lowest BCUT2D eigenvalue weighted by Gasteiger charge is -2.24. The van der Waals surface area contributed by atoms with Gasteiger partial charge in [0.05, 0.1) is 7.11 Å². The number of hydrogen-bond donors (Lipinski definition) is 1. The fourth-order valence-corrected chi connectivity index (χ4v) is 2.61. The highest BCUT2D eigenvalue weighted by Crippen LogP contribution is 2.31. The Morgan fingerprint density at radius 1 is 1.40 bits per heavy atom. The van der Waals surface area contributed by atoms with Crippen LogP contribution < -0.4 is 5.32 Å². The van der Waals surface area contributed by atoms with Crippen LogP contribution in [-0.2, 0) is 14.3 Å². The van der Waals surface area contributed by atoms with Gasteiger partial charge in [-0.05, 0) is 18.1 Å². The summed E-state index contributed by atoms with van der Waals surface area (Å²) >= 11 is 0. The first-order valence-electron chi connectivity index (χ1n) is 6.78. The number of esters is 1. The molecule has 1 saturated heterocycles. The molecule has 0 aliphatic carbocycles. The van der Waals surface area contributed by atoms with Crippen LogP contribution in [0, 0.1) is 0 Å². The number of rotatable bonds is 4. The Kier molecular flexibility index (Phi) is 4.23. The van der Waals surface area contributed by atoms with Crippen molar-refractivity contribution < 1.29 is 14.3 Å². The third-order valence-electron chi connectivity index (χ3n) is 3.53. The van der Waals surface area contributed by atoms with Crippen LogP contribution >= 0.6 is 0 Å². The Balaban J connectivity index is 2.29. The van der Waals surface area contributed by atoms with Gasteiger partial charge in [0.1, 0.15) is 5.54 Å². The van der Waals surface area contributed by atoms with Gasteiger partial charge in [-0.1, -0.05) is 43.7 Å². The molecule has 0 unspecified atom stereocenters. The maximum atomic E-state index is 12.1. The van der Waals surface area contributed by atoms with E-state index in [0.29, 0.717) is 18.4 Å². The van der Waals surface area contributed by atoms with Crippen molar-refractivity contribution in [1.82, 2.24) is 5.32 Å². The molecule has 1 amide bonds. The predicted octanol–water partition coefficient (Wildman–Crippen LogP) is 2.30. The van der Waals surface area contributed by atoms with Crippen molar-refractivity contribution >= 4 is 18.0 Å². The molecule has 0 aromatic heterocycles. The molecule has 4 heteroatoms. The van der Waals surface area contributed by atoms with E-state index in [1.54, 1.807) is 0 Å².